The van der Waals surface area contributed by atoms with E-state index in [9.17, 15) is 9.59 Å². The molecule has 0 fully saturated rings. The van der Waals surface area contributed by atoms with Gasteiger partial charge in [0.05, 0.1) is 14.2 Å². The molecule has 0 aliphatic heterocycles. The van der Waals surface area contributed by atoms with Gasteiger partial charge in [-0.1, -0.05) is 48.5 Å². The van der Waals surface area contributed by atoms with Crippen LogP contribution in [0.15, 0.2) is 72.8 Å². The van der Waals surface area contributed by atoms with Crippen molar-refractivity contribution >= 4 is 11.8 Å². The van der Waals surface area contributed by atoms with Crippen LogP contribution in [0.25, 0.3) is 11.1 Å². The first-order chi connectivity index (χ1) is 13.6. The highest BCUT2D eigenvalue weighted by molar-refractivity contribution is 6.03. The fourth-order valence-corrected chi connectivity index (χ4v) is 2.78. The molecule has 0 unspecified atom stereocenters. The number of carbonyl (C=O) groups excluding carboxylic acids is 2. The molecular formula is C22H20N2O4. The van der Waals surface area contributed by atoms with Crippen molar-refractivity contribution < 1.29 is 19.1 Å². The highest BCUT2D eigenvalue weighted by atomic mass is 16.5. The molecule has 0 radical (unpaired) electrons. The summed E-state index contributed by atoms with van der Waals surface area (Å²) >= 11 is 0. The Balaban J connectivity index is 1.74. The smallest absolute Gasteiger partial charge is 0.270 e. The van der Waals surface area contributed by atoms with E-state index in [0.717, 1.165) is 11.1 Å². The number of hydrazine groups is 1. The molecule has 3 aromatic rings. The zero-order valence-electron chi connectivity index (χ0n) is 15.6. The fraction of sp³-hybridized carbons (Fsp3) is 0.0909. The summed E-state index contributed by atoms with van der Waals surface area (Å²) in [5.41, 5.74) is 7.38. The number of amides is 2. The van der Waals surface area contributed by atoms with Gasteiger partial charge in [-0.05, 0) is 35.4 Å². The highest BCUT2D eigenvalue weighted by Crippen LogP contribution is 2.27. The van der Waals surface area contributed by atoms with Gasteiger partial charge in [-0.15, -0.1) is 0 Å². The van der Waals surface area contributed by atoms with Crippen molar-refractivity contribution in [2.45, 2.75) is 0 Å². The Morgan fingerprint density at radius 2 is 1.36 bits per heavy atom. The second kappa shape index (κ2) is 8.73. The van der Waals surface area contributed by atoms with Crippen LogP contribution in [-0.4, -0.2) is 26.0 Å². The third kappa shape index (κ3) is 4.12. The maximum absolute atomic E-state index is 12.6. The third-order valence-corrected chi connectivity index (χ3v) is 4.19. The van der Waals surface area contributed by atoms with Crippen LogP contribution in [-0.2, 0) is 0 Å². The van der Waals surface area contributed by atoms with Crippen LogP contribution in [0.1, 0.15) is 20.7 Å². The number of methoxy groups -OCH3 is 2. The maximum Gasteiger partial charge on any atom is 0.270 e. The molecule has 6 nitrogen and oxygen atoms in total. The molecule has 0 aliphatic rings. The van der Waals surface area contributed by atoms with Crippen LogP contribution < -0.4 is 20.3 Å². The number of ether oxygens (including phenoxy) is 2. The van der Waals surface area contributed by atoms with E-state index in [2.05, 4.69) is 10.9 Å². The monoisotopic (exact) mass is 376 g/mol. The van der Waals surface area contributed by atoms with Gasteiger partial charge >= 0.3 is 0 Å². The quantitative estimate of drug-likeness (QED) is 0.669. The Morgan fingerprint density at radius 1 is 0.714 bits per heavy atom. The molecule has 0 saturated heterocycles. The summed E-state index contributed by atoms with van der Waals surface area (Å²) in [5.74, 6) is 0.0653. The number of hydrogen-bond acceptors (Lipinski definition) is 4. The molecule has 0 aromatic heterocycles. The van der Waals surface area contributed by atoms with E-state index in [1.54, 1.807) is 24.3 Å². The van der Waals surface area contributed by atoms with Crippen molar-refractivity contribution in [2.24, 2.45) is 0 Å². The number of carbonyl (C=O) groups is 2. The second-order valence-corrected chi connectivity index (χ2v) is 5.89. The molecule has 0 saturated carbocycles. The Labute approximate surface area is 163 Å². The molecule has 2 amide bonds. The molecule has 3 rings (SSSR count). The number of benzene rings is 3. The van der Waals surface area contributed by atoms with E-state index in [1.807, 2.05) is 42.5 Å². The summed E-state index contributed by atoms with van der Waals surface area (Å²) in [6.07, 6.45) is 0. The van der Waals surface area contributed by atoms with Gasteiger partial charge in [-0.25, -0.2) is 0 Å². The largest absolute Gasteiger partial charge is 0.493 e. The first kappa shape index (κ1) is 19.0. The maximum atomic E-state index is 12.6. The lowest BCUT2D eigenvalue weighted by atomic mass is 9.99. The van der Waals surface area contributed by atoms with Crippen molar-refractivity contribution in [3.63, 3.8) is 0 Å². The van der Waals surface area contributed by atoms with Crippen LogP contribution in [0.5, 0.6) is 11.5 Å². The minimum absolute atomic E-state index is 0.328. The Morgan fingerprint density at radius 3 is 2.07 bits per heavy atom. The van der Waals surface area contributed by atoms with E-state index in [1.165, 1.54) is 20.3 Å². The Bertz CT molecular complexity index is 987. The van der Waals surface area contributed by atoms with Crippen LogP contribution >= 0.6 is 0 Å². The van der Waals surface area contributed by atoms with Crippen molar-refractivity contribution in [1.82, 2.24) is 10.9 Å². The lowest BCUT2D eigenvalue weighted by Gasteiger charge is -2.12. The van der Waals surface area contributed by atoms with Gasteiger partial charge in [0.1, 0.15) is 0 Å². The summed E-state index contributed by atoms with van der Waals surface area (Å²) in [6, 6.07) is 21.5. The molecule has 3 aromatic carbocycles. The molecule has 0 spiro atoms. The van der Waals surface area contributed by atoms with Crippen molar-refractivity contribution in [3.8, 4) is 22.6 Å². The summed E-state index contributed by atoms with van der Waals surface area (Å²) < 4.78 is 10.4. The number of rotatable bonds is 5. The van der Waals surface area contributed by atoms with E-state index in [-0.39, 0.29) is 0 Å². The Kier molecular flexibility index (Phi) is 5.91. The Hall–Kier alpha value is -3.80. The molecule has 0 heterocycles. The van der Waals surface area contributed by atoms with Crippen LogP contribution in [0.4, 0.5) is 0 Å². The predicted octanol–water partition coefficient (Wildman–Crippen LogP) is 3.45. The van der Waals surface area contributed by atoms with E-state index in [4.69, 9.17) is 9.47 Å². The fourth-order valence-electron chi connectivity index (χ4n) is 2.78. The first-order valence-corrected chi connectivity index (χ1v) is 8.61. The minimum atomic E-state index is -0.466. The molecule has 0 bridgehead atoms. The summed E-state index contributed by atoms with van der Waals surface area (Å²) in [5, 5.41) is 0. The van der Waals surface area contributed by atoms with Gasteiger partial charge in [-0.2, -0.15) is 0 Å². The van der Waals surface area contributed by atoms with Gasteiger partial charge in [0.15, 0.2) is 11.5 Å². The lowest BCUT2D eigenvalue weighted by Crippen LogP contribution is -2.41. The van der Waals surface area contributed by atoms with E-state index < -0.39 is 11.8 Å². The van der Waals surface area contributed by atoms with Crippen LogP contribution in [0, 0.1) is 0 Å². The summed E-state index contributed by atoms with van der Waals surface area (Å²) in [4.78, 5) is 25.0. The average molecular weight is 376 g/mol. The minimum Gasteiger partial charge on any atom is -0.493 e. The molecule has 6 heteroatoms. The van der Waals surface area contributed by atoms with Gasteiger partial charge in [-0.3, -0.25) is 20.4 Å². The number of nitrogens with one attached hydrogen (secondary N) is 2. The molecule has 2 N–H and O–H groups in total. The molecule has 28 heavy (non-hydrogen) atoms. The zero-order valence-corrected chi connectivity index (χ0v) is 15.6. The van der Waals surface area contributed by atoms with Crippen LogP contribution in [0.2, 0.25) is 0 Å². The molecule has 142 valence electrons. The molecule has 0 atom stereocenters. The first-order valence-electron chi connectivity index (χ1n) is 8.61. The predicted molar refractivity (Wildman–Crippen MR) is 106 cm³/mol. The normalized spacial score (nSPS) is 10.1. The highest BCUT2D eigenvalue weighted by Gasteiger charge is 2.15. The van der Waals surface area contributed by atoms with Gasteiger partial charge in [0.25, 0.3) is 11.8 Å². The van der Waals surface area contributed by atoms with Crippen molar-refractivity contribution in [1.29, 1.82) is 0 Å². The molecular weight excluding hydrogens is 356 g/mol. The van der Waals surface area contributed by atoms with Gasteiger partial charge < -0.3 is 9.47 Å². The second-order valence-electron chi connectivity index (χ2n) is 5.89. The zero-order chi connectivity index (χ0) is 19.9. The third-order valence-electron chi connectivity index (χ3n) is 4.19. The van der Waals surface area contributed by atoms with Crippen molar-refractivity contribution in [2.75, 3.05) is 14.2 Å². The topological polar surface area (TPSA) is 76.7 Å². The lowest BCUT2D eigenvalue weighted by molar-refractivity contribution is 0.0847. The van der Waals surface area contributed by atoms with Crippen LogP contribution in [0.3, 0.4) is 0 Å². The number of hydrogen-bond donors (Lipinski definition) is 2. The SMILES string of the molecule is COc1ccc(C(=O)NNC(=O)c2ccccc2-c2ccccc2)cc1OC. The van der Waals surface area contributed by atoms with Gasteiger partial charge in [0.2, 0.25) is 0 Å². The van der Waals surface area contributed by atoms with Crippen molar-refractivity contribution in [3.05, 3.63) is 83.9 Å². The van der Waals surface area contributed by atoms with E-state index >= 15 is 0 Å². The van der Waals surface area contributed by atoms with Gasteiger partial charge in [0, 0.05) is 11.1 Å². The summed E-state index contributed by atoms with van der Waals surface area (Å²) in [6.45, 7) is 0. The summed E-state index contributed by atoms with van der Waals surface area (Å²) in [7, 11) is 3.00. The van der Waals surface area contributed by atoms with E-state index in [0.29, 0.717) is 22.6 Å². The standard InChI is InChI=1S/C22H20N2O4/c1-27-19-13-12-16(14-20(19)28-2)21(25)23-24-22(26)18-11-7-6-10-17(18)15-8-4-3-5-9-15/h3-14H,1-2H3,(H,23,25)(H,24,26). The average Bonchev–Trinajstić information content (AvgIpc) is 2.77. The molecule has 0 aliphatic carbocycles.